The number of carboxylic acids is 1. The number of benzene rings is 5. The lowest BCUT2D eigenvalue weighted by molar-refractivity contribution is 0.0697. The summed E-state index contributed by atoms with van der Waals surface area (Å²) in [5, 5.41) is 14.8. The maximum absolute atomic E-state index is 11.4. The second-order valence-electron chi connectivity index (χ2n) is 13.8. The number of fused-ring (bicyclic) bond motifs is 1. The average molecular weight is 743 g/mol. The zero-order valence-electron chi connectivity index (χ0n) is 30.0. The zero-order chi connectivity index (χ0) is 36.4. The van der Waals surface area contributed by atoms with Crippen LogP contribution < -0.4 is 10.0 Å². The minimum Gasteiger partial charge on any atom is -0.478 e. The van der Waals surface area contributed by atoms with E-state index in [9.17, 15) is 9.90 Å². The molecule has 0 atom stereocenters. The number of hydrogen-bond acceptors (Lipinski definition) is 5. The van der Waals surface area contributed by atoms with Gasteiger partial charge in [-0.15, -0.1) is 0 Å². The van der Waals surface area contributed by atoms with Crippen molar-refractivity contribution in [3.05, 3.63) is 177 Å². The van der Waals surface area contributed by atoms with E-state index in [4.69, 9.17) is 11.6 Å². The van der Waals surface area contributed by atoms with Gasteiger partial charge in [0, 0.05) is 73.1 Å². The van der Waals surface area contributed by atoms with Crippen molar-refractivity contribution in [1.29, 1.82) is 0 Å². The Hall–Kier alpha value is -4.37. The number of nitrogens with zero attached hydrogens (tertiary/aromatic N) is 2. The molecule has 6 aromatic rings. The van der Waals surface area contributed by atoms with Gasteiger partial charge in [-0.25, -0.2) is 4.79 Å². The van der Waals surface area contributed by atoms with Crippen LogP contribution in [0, 0.1) is 0 Å². The summed E-state index contributed by atoms with van der Waals surface area (Å²) in [4.78, 5) is 14.0. The maximum atomic E-state index is 11.4. The van der Waals surface area contributed by atoms with Crippen LogP contribution in [0.25, 0.3) is 10.9 Å². The van der Waals surface area contributed by atoms with Crippen molar-refractivity contribution in [1.82, 2.24) is 19.5 Å². The van der Waals surface area contributed by atoms with E-state index in [1.165, 1.54) is 44.4 Å². The Labute approximate surface area is 322 Å². The predicted octanol–water partition coefficient (Wildman–Crippen LogP) is 9.19. The third-order valence-corrected chi connectivity index (χ3v) is 11.4. The monoisotopic (exact) mass is 742 g/mol. The molecule has 0 bridgehead atoms. The Bertz CT molecular complexity index is 2060. The van der Waals surface area contributed by atoms with E-state index in [1.54, 1.807) is 24.1 Å². The lowest BCUT2D eigenvalue weighted by Crippen LogP contribution is -2.43. The maximum Gasteiger partial charge on any atom is 0.335 e. The average Bonchev–Trinajstić information content (AvgIpc) is 3.48. The summed E-state index contributed by atoms with van der Waals surface area (Å²) in [5.41, 5.74) is 10.5. The van der Waals surface area contributed by atoms with Gasteiger partial charge < -0.3 is 15.0 Å². The molecule has 1 aliphatic rings. The number of carboxylic acid groups (broad SMARTS) is 1. The second kappa shape index (κ2) is 18.1. The van der Waals surface area contributed by atoms with Crippen molar-refractivity contribution in [2.45, 2.75) is 44.0 Å². The normalized spacial score (nSPS) is 13.5. The van der Waals surface area contributed by atoms with Crippen LogP contribution in [0.3, 0.4) is 0 Å². The minimum atomic E-state index is -0.900. The summed E-state index contributed by atoms with van der Waals surface area (Å²) in [5.74, 6) is 0.00821. The van der Waals surface area contributed by atoms with Gasteiger partial charge in [0.25, 0.3) is 0 Å². The summed E-state index contributed by atoms with van der Waals surface area (Å²) in [7, 11) is 0. The topological polar surface area (TPSA) is 69.5 Å². The molecule has 6 nitrogen and oxygen atoms in total. The number of rotatable bonds is 16. The van der Waals surface area contributed by atoms with E-state index in [0.29, 0.717) is 5.56 Å². The SMILES string of the molecule is O=C(O)c1ccc(CCCc2c(CCNSCc3ccccc3CN3CCNCC3)n(C(c3ccccc3)c3ccccc3)c3ccc(Cl)cc23)cc1. The molecule has 1 fully saturated rings. The van der Waals surface area contributed by atoms with Crippen LogP contribution >= 0.6 is 23.5 Å². The first-order valence-electron chi connectivity index (χ1n) is 18.6. The molecule has 0 unspecified atom stereocenters. The van der Waals surface area contributed by atoms with Crippen LogP contribution in [0.1, 0.15) is 61.9 Å². The fraction of sp³-hybridized carbons (Fsp3) is 0.267. The number of halogens is 1. The van der Waals surface area contributed by atoms with Crippen LogP contribution in [0.15, 0.2) is 127 Å². The van der Waals surface area contributed by atoms with Crippen LogP contribution in [-0.4, -0.2) is 53.3 Å². The molecule has 5 aromatic carbocycles. The van der Waals surface area contributed by atoms with Crippen molar-refractivity contribution >= 4 is 40.4 Å². The minimum absolute atomic E-state index is 0.0158. The first-order valence-corrected chi connectivity index (χ1v) is 20.0. The van der Waals surface area contributed by atoms with Gasteiger partial charge >= 0.3 is 5.97 Å². The van der Waals surface area contributed by atoms with Crippen molar-refractivity contribution in [2.24, 2.45) is 0 Å². The third-order valence-electron chi connectivity index (χ3n) is 10.3. The highest BCUT2D eigenvalue weighted by Gasteiger charge is 2.25. The molecule has 1 aliphatic heterocycles. The summed E-state index contributed by atoms with van der Waals surface area (Å²) < 4.78 is 6.30. The molecule has 3 N–H and O–H groups in total. The number of carbonyl (C=O) groups is 1. The van der Waals surface area contributed by atoms with Crippen molar-refractivity contribution in [2.75, 3.05) is 32.7 Å². The highest BCUT2D eigenvalue weighted by Crippen LogP contribution is 2.38. The second-order valence-corrected chi connectivity index (χ2v) is 15.1. The van der Waals surface area contributed by atoms with Crippen LogP contribution in [0.2, 0.25) is 5.02 Å². The summed E-state index contributed by atoms with van der Waals surface area (Å²) in [6, 6.07) is 44.1. The largest absolute Gasteiger partial charge is 0.478 e. The predicted molar refractivity (Wildman–Crippen MR) is 220 cm³/mol. The van der Waals surface area contributed by atoms with Crippen molar-refractivity contribution in [3.63, 3.8) is 0 Å². The molecular weight excluding hydrogens is 696 g/mol. The zero-order valence-corrected chi connectivity index (χ0v) is 31.6. The smallest absolute Gasteiger partial charge is 0.335 e. The van der Waals surface area contributed by atoms with Gasteiger partial charge in [-0.2, -0.15) is 0 Å². The Morgan fingerprint density at radius 2 is 1.45 bits per heavy atom. The summed E-state index contributed by atoms with van der Waals surface area (Å²) in [6.45, 7) is 6.09. The Morgan fingerprint density at radius 1 is 0.792 bits per heavy atom. The quantitative estimate of drug-likeness (QED) is 0.0679. The molecule has 7 rings (SSSR count). The molecule has 0 spiro atoms. The standard InChI is InChI=1S/C45H47ClN4O2S/c46-39-22-23-42-41(30-39)40(17-9-10-33-18-20-36(21-19-33)45(51)52)43(50(42)44(34-11-3-1-4-12-34)35-13-5-2-6-14-35)24-25-48-53-32-38-16-8-7-15-37(38)31-49-28-26-47-27-29-49/h1-8,11-16,18-23,30,44,47-48H,9-10,17,24-29,31-32H2,(H,51,52). The van der Waals surface area contributed by atoms with E-state index in [0.717, 1.165) is 81.3 Å². The van der Waals surface area contributed by atoms with Crippen molar-refractivity contribution in [3.8, 4) is 0 Å². The highest BCUT2D eigenvalue weighted by molar-refractivity contribution is 7.96. The van der Waals surface area contributed by atoms with Gasteiger partial charge in [-0.1, -0.05) is 121 Å². The number of nitrogens with one attached hydrogen (secondary N) is 2. The molecule has 2 heterocycles. The Kier molecular flexibility index (Phi) is 12.6. The van der Waals surface area contributed by atoms with E-state index >= 15 is 0 Å². The van der Waals surface area contributed by atoms with E-state index in [2.05, 4.69) is 117 Å². The lowest BCUT2D eigenvalue weighted by atomic mass is 9.97. The van der Waals surface area contributed by atoms with Gasteiger partial charge in [0.15, 0.2) is 0 Å². The molecule has 1 aromatic heterocycles. The van der Waals surface area contributed by atoms with E-state index in [-0.39, 0.29) is 6.04 Å². The molecule has 0 radical (unpaired) electrons. The lowest BCUT2D eigenvalue weighted by Gasteiger charge is -2.28. The third kappa shape index (κ3) is 9.23. The molecule has 53 heavy (non-hydrogen) atoms. The Balaban J connectivity index is 1.18. The van der Waals surface area contributed by atoms with Crippen LogP contribution in [0.5, 0.6) is 0 Å². The number of aromatic nitrogens is 1. The number of aromatic carboxylic acids is 1. The summed E-state index contributed by atoms with van der Waals surface area (Å²) >= 11 is 8.52. The highest BCUT2D eigenvalue weighted by atomic mass is 35.5. The first-order chi connectivity index (χ1) is 26.0. The molecule has 272 valence electrons. The molecule has 0 amide bonds. The van der Waals surface area contributed by atoms with Crippen LogP contribution in [0.4, 0.5) is 0 Å². The fourth-order valence-corrected chi connectivity index (χ4v) is 8.59. The van der Waals surface area contributed by atoms with Crippen LogP contribution in [-0.2, 0) is 31.6 Å². The van der Waals surface area contributed by atoms with Gasteiger partial charge in [-0.05, 0) is 83.0 Å². The molecule has 1 saturated heterocycles. The fourth-order valence-electron chi connectivity index (χ4n) is 7.63. The molecule has 8 heteroatoms. The Morgan fingerprint density at radius 3 is 2.13 bits per heavy atom. The first kappa shape index (κ1) is 37.0. The molecular formula is C45H47ClN4O2S. The summed E-state index contributed by atoms with van der Waals surface area (Å²) in [6.07, 6.45) is 3.51. The van der Waals surface area contributed by atoms with Gasteiger partial charge in [-0.3, -0.25) is 9.62 Å². The van der Waals surface area contributed by atoms with E-state index < -0.39 is 5.97 Å². The van der Waals surface area contributed by atoms with Gasteiger partial charge in [0.2, 0.25) is 0 Å². The van der Waals surface area contributed by atoms with Gasteiger partial charge in [0.1, 0.15) is 0 Å². The molecule has 0 aliphatic carbocycles. The number of piperazine rings is 1. The molecule has 0 saturated carbocycles. The number of aryl methyl sites for hydroxylation is 2. The number of hydrogen-bond donors (Lipinski definition) is 3. The van der Waals surface area contributed by atoms with Gasteiger partial charge in [0.05, 0.1) is 11.6 Å². The van der Waals surface area contributed by atoms with Crippen molar-refractivity contribution < 1.29 is 9.90 Å². The van der Waals surface area contributed by atoms with E-state index in [1.807, 2.05) is 18.2 Å².